The third-order valence-corrected chi connectivity index (χ3v) is 11.0. The topological polar surface area (TPSA) is 103 Å². The summed E-state index contributed by atoms with van der Waals surface area (Å²) < 4.78 is 18.0. The molecule has 0 radical (unpaired) electrons. The zero-order valence-corrected chi connectivity index (χ0v) is 30.7. The maximum Gasteiger partial charge on any atom is 0.312 e. The van der Waals surface area contributed by atoms with Gasteiger partial charge in [0.25, 0.3) is 11.8 Å². The summed E-state index contributed by atoms with van der Waals surface area (Å²) in [7, 11) is 1.53. The van der Waals surface area contributed by atoms with Crippen LogP contribution in [-0.4, -0.2) is 37.5 Å². The van der Waals surface area contributed by atoms with Gasteiger partial charge in [-0.3, -0.25) is 14.4 Å². The van der Waals surface area contributed by atoms with E-state index >= 15 is 0 Å². The van der Waals surface area contributed by atoms with Crippen molar-refractivity contribution in [3.05, 3.63) is 100 Å². The molecule has 4 aromatic carbocycles. The lowest BCUT2D eigenvalue weighted by Crippen LogP contribution is -2.40. The van der Waals surface area contributed by atoms with Crippen LogP contribution in [0.3, 0.4) is 0 Å². The molecule has 0 aromatic heterocycles. The molecule has 0 unspecified atom stereocenters. The molecule has 6 rings (SSSR count). The number of anilines is 1. The molecule has 2 aliphatic rings. The highest BCUT2D eigenvalue weighted by molar-refractivity contribution is 6.11. The fourth-order valence-corrected chi connectivity index (χ4v) is 7.44. The molecular weight excluding hydrogens is 640 g/mol. The minimum atomic E-state index is -0.601. The number of hydrogen-bond donors (Lipinski definition) is 2. The van der Waals surface area contributed by atoms with Crippen molar-refractivity contribution >= 4 is 34.2 Å². The van der Waals surface area contributed by atoms with E-state index in [2.05, 4.69) is 35.8 Å². The first kappa shape index (κ1) is 36.0. The predicted molar refractivity (Wildman–Crippen MR) is 201 cm³/mol. The van der Waals surface area contributed by atoms with E-state index < -0.39 is 11.3 Å². The van der Waals surface area contributed by atoms with Gasteiger partial charge in [0.1, 0.15) is 18.1 Å². The van der Waals surface area contributed by atoms with Gasteiger partial charge in [0, 0.05) is 6.54 Å². The van der Waals surface area contributed by atoms with Crippen molar-refractivity contribution in [1.82, 2.24) is 5.32 Å². The lowest BCUT2D eigenvalue weighted by molar-refractivity contribution is -0.159. The van der Waals surface area contributed by atoms with Gasteiger partial charge in [-0.2, -0.15) is 0 Å². The molecule has 2 N–H and O–H groups in total. The van der Waals surface area contributed by atoms with Crippen LogP contribution in [0.15, 0.2) is 66.7 Å². The average Bonchev–Trinajstić information content (AvgIpc) is 3.11. The maximum atomic E-state index is 13.9. The first-order valence-corrected chi connectivity index (χ1v) is 18.1. The average molecular weight is 691 g/mol. The quantitative estimate of drug-likeness (QED) is 0.152. The molecule has 0 aliphatic heterocycles. The lowest BCUT2D eigenvalue weighted by Gasteiger charge is -2.38. The van der Waals surface area contributed by atoms with Gasteiger partial charge >= 0.3 is 5.97 Å². The minimum Gasteiger partial charge on any atom is -0.496 e. The second kappa shape index (κ2) is 14.8. The van der Waals surface area contributed by atoms with E-state index in [1.165, 1.54) is 13.5 Å². The molecule has 2 amide bonds. The van der Waals surface area contributed by atoms with Crippen molar-refractivity contribution in [3.8, 4) is 11.5 Å². The van der Waals surface area contributed by atoms with E-state index in [0.717, 1.165) is 45.9 Å². The van der Waals surface area contributed by atoms with Gasteiger partial charge in [-0.1, -0.05) is 61.9 Å². The van der Waals surface area contributed by atoms with Crippen molar-refractivity contribution in [2.24, 2.45) is 10.8 Å². The highest BCUT2D eigenvalue weighted by Crippen LogP contribution is 2.41. The number of methoxy groups -OCH3 is 1. The van der Waals surface area contributed by atoms with E-state index in [-0.39, 0.29) is 30.0 Å². The number of carbonyl (C=O) groups is 3. The third kappa shape index (κ3) is 7.90. The molecule has 8 heteroatoms. The molecule has 0 atom stereocenters. The fourth-order valence-electron chi connectivity index (χ4n) is 7.44. The van der Waals surface area contributed by atoms with E-state index in [1.807, 2.05) is 64.1 Å². The summed E-state index contributed by atoms with van der Waals surface area (Å²) in [6.45, 7) is 10.8. The highest BCUT2D eigenvalue weighted by atomic mass is 16.5. The van der Waals surface area contributed by atoms with Crippen LogP contribution in [-0.2, 0) is 16.1 Å². The van der Waals surface area contributed by atoms with Crippen molar-refractivity contribution in [1.29, 1.82) is 0 Å². The molecule has 8 nitrogen and oxygen atoms in total. The van der Waals surface area contributed by atoms with Crippen LogP contribution in [0.5, 0.6) is 11.5 Å². The molecule has 51 heavy (non-hydrogen) atoms. The molecular formula is C43H50N2O6. The normalized spacial score (nSPS) is 19.5. The minimum absolute atomic E-state index is 0.126. The Balaban J connectivity index is 1.11. The molecule has 2 aliphatic carbocycles. The number of nitrogens with one attached hydrogen (secondary N) is 2. The van der Waals surface area contributed by atoms with E-state index in [9.17, 15) is 14.4 Å². The second-order valence-electron chi connectivity index (χ2n) is 15.2. The third-order valence-electron chi connectivity index (χ3n) is 11.0. The summed E-state index contributed by atoms with van der Waals surface area (Å²) in [4.78, 5) is 40.7. The maximum absolute atomic E-state index is 13.9. The number of benzene rings is 4. The van der Waals surface area contributed by atoms with Crippen molar-refractivity contribution < 1.29 is 28.6 Å². The van der Waals surface area contributed by atoms with Crippen LogP contribution in [0.1, 0.15) is 102 Å². The highest BCUT2D eigenvalue weighted by Gasteiger charge is 2.40. The summed E-state index contributed by atoms with van der Waals surface area (Å²) in [6, 6.07) is 21.5. The molecule has 0 bridgehead atoms. The Kier molecular flexibility index (Phi) is 10.4. The van der Waals surface area contributed by atoms with Gasteiger partial charge in [-0.25, -0.2) is 0 Å². The van der Waals surface area contributed by atoms with E-state index in [0.29, 0.717) is 60.5 Å². The zero-order chi connectivity index (χ0) is 36.3. The Labute approximate surface area is 301 Å². The van der Waals surface area contributed by atoms with E-state index in [4.69, 9.17) is 14.2 Å². The molecule has 0 saturated heterocycles. The monoisotopic (exact) mass is 690 g/mol. The number of hydrogen-bond acceptors (Lipinski definition) is 6. The predicted octanol–water partition coefficient (Wildman–Crippen LogP) is 9.02. The first-order chi connectivity index (χ1) is 24.4. The molecule has 4 aromatic rings. The van der Waals surface area contributed by atoms with Crippen molar-refractivity contribution in [3.63, 3.8) is 0 Å². The largest absolute Gasteiger partial charge is 0.496 e. The smallest absolute Gasteiger partial charge is 0.312 e. The summed E-state index contributed by atoms with van der Waals surface area (Å²) in [6.07, 6.45) is 5.86. The number of aryl methyl sites for hydroxylation is 3. The van der Waals surface area contributed by atoms with Gasteiger partial charge in [-0.05, 0) is 123 Å². The van der Waals surface area contributed by atoms with Gasteiger partial charge in [0.05, 0.1) is 35.4 Å². The standard InChI is InChI=1S/C43H50N2O6/c1-27-21-29(3)38(35(22-27)39(46)44-26-42(4)17-10-18-42)45-40(47)34-24-36(28(2)23-37(34)49-6)51-32-15-19-43(5,20-16-32)41(48)50-25-31-13-9-12-30-11-7-8-14-33(30)31/h7-9,11-14,21-24,32H,10,15-20,25-26H2,1-6H3,(H,44,46)(H,45,47)/t32-,43+. The van der Waals surface area contributed by atoms with Crippen LogP contribution in [0, 0.1) is 31.6 Å². The number of fused-ring (bicyclic) bond motifs is 1. The number of rotatable bonds is 11. The summed E-state index contributed by atoms with van der Waals surface area (Å²) >= 11 is 0. The summed E-state index contributed by atoms with van der Waals surface area (Å²) in [5.74, 6) is 0.211. The van der Waals surface area contributed by atoms with Gasteiger partial charge < -0.3 is 24.8 Å². The molecule has 0 heterocycles. The SMILES string of the molecule is COc1cc(C)c(O[C@H]2CC[C@@](C)(C(=O)OCc3cccc4ccccc34)CC2)cc1C(=O)Nc1c(C)cc(C)cc1C(=O)NCC1(C)CCC1. The summed E-state index contributed by atoms with van der Waals surface area (Å²) in [5.41, 5.74) is 4.32. The second-order valence-corrected chi connectivity index (χ2v) is 15.2. The zero-order valence-electron chi connectivity index (χ0n) is 30.7. The number of ether oxygens (including phenoxy) is 3. The number of amides is 2. The van der Waals surface area contributed by atoms with Gasteiger partial charge in [0.2, 0.25) is 0 Å². The Hall–Kier alpha value is -4.85. The van der Waals surface area contributed by atoms with Crippen LogP contribution < -0.4 is 20.1 Å². The Morgan fingerprint density at radius 3 is 2.24 bits per heavy atom. The van der Waals surface area contributed by atoms with Crippen molar-refractivity contribution in [2.45, 2.75) is 92.3 Å². The molecule has 2 saturated carbocycles. The molecule has 0 spiro atoms. The first-order valence-electron chi connectivity index (χ1n) is 18.1. The van der Waals surface area contributed by atoms with Gasteiger partial charge in [0.15, 0.2) is 0 Å². The van der Waals surface area contributed by atoms with Gasteiger partial charge in [-0.15, -0.1) is 0 Å². The number of esters is 1. The molecule has 2 fully saturated rings. The summed E-state index contributed by atoms with van der Waals surface area (Å²) in [5, 5.41) is 8.34. The lowest BCUT2D eigenvalue weighted by atomic mass is 9.70. The Morgan fingerprint density at radius 2 is 1.53 bits per heavy atom. The van der Waals surface area contributed by atoms with Crippen LogP contribution in [0.2, 0.25) is 0 Å². The fraction of sp³-hybridized carbons (Fsp3) is 0.419. The van der Waals surface area contributed by atoms with Crippen LogP contribution >= 0.6 is 0 Å². The number of carbonyl (C=O) groups excluding carboxylic acids is 3. The Bertz CT molecular complexity index is 1950. The Morgan fingerprint density at radius 1 is 0.804 bits per heavy atom. The van der Waals surface area contributed by atoms with Crippen LogP contribution in [0.25, 0.3) is 10.8 Å². The van der Waals surface area contributed by atoms with E-state index in [1.54, 1.807) is 12.1 Å². The van der Waals surface area contributed by atoms with Crippen LogP contribution in [0.4, 0.5) is 5.69 Å². The van der Waals surface area contributed by atoms with Crippen molar-refractivity contribution in [2.75, 3.05) is 19.0 Å². The molecule has 268 valence electrons.